The van der Waals surface area contributed by atoms with Crippen molar-refractivity contribution in [3.8, 4) is 0 Å². The van der Waals surface area contributed by atoms with Gasteiger partial charge < -0.3 is 9.67 Å². The second kappa shape index (κ2) is 9.64. The first-order valence-electron chi connectivity index (χ1n) is 11.3. The summed E-state index contributed by atoms with van der Waals surface area (Å²) < 4.78 is 31.7. The molecule has 5 rings (SSSR count). The molecule has 0 amide bonds. The third-order valence-corrected chi connectivity index (χ3v) is 8.89. The van der Waals surface area contributed by atoms with Gasteiger partial charge in [-0.3, -0.25) is 4.31 Å². The largest absolute Gasteiger partial charge is 0.389 e. The molecular formula is C28H25IN2O3S. The van der Waals surface area contributed by atoms with Gasteiger partial charge in [0.2, 0.25) is 0 Å². The maximum atomic E-state index is 13.8. The number of aryl methyl sites for hydroxylation is 1. The fraction of sp³-hybridized carbons (Fsp3) is 0.143. The van der Waals surface area contributed by atoms with Crippen molar-refractivity contribution in [2.45, 2.75) is 24.5 Å². The Morgan fingerprint density at radius 2 is 1.37 bits per heavy atom. The number of aliphatic hydroxyl groups is 1. The first-order valence-corrected chi connectivity index (χ1v) is 13.9. The number of sulfonamides is 1. The Labute approximate surface area is 218 Å². The highest BCUT2D eigenvalue weighted by Crippen LogP contribution is 2.31. The summed E-state index contributed by atoms with van der Waals surface area (Å²) in [5.41, 5.74) is 3.55. The summed E-state index contributed by atoms with van der Waals surface area (Å²) in [7, 11) is -3.89. The van der Waals surface area contributed by atoms with Crippen LogP contribution in [0.5, 0.6) is 0 Å². The highest BCUT2D eigenvalue weighted by molar-refractivity contribution is 14.1. The van der Waals surface area contributed by atoms with Crippen LogP contribution in [0.25, 0.3) is 21.8 Å². The van der Waals surface area contributed by atoms with Crippen LogP contribution >= 0.6 is 22.6 Å². The average Bonchev–Trinajstić information content (AvgIpc) is 3.17. The van der Waals surface area contributed by atoms with E-state index in [1.54, 1.807) is 30.3 Å². The zero-order valence-corrected chi connectivity index (χ0v) is 22.1. The normalized spacial score (nSPS) is 12.8. The molecule has 1 atom stereocenters. The minimum absolute atomic E-state index is 0.0724. The van der Waals surface area contributed by atoms with Gasteiger partial charge in [-0.05, 0) is 65.9 Å². The van der Waals surface area contributed by atoms with Crippen molar-refractivity contribution in [1.29, 1.82) is 0 Å². The van der Waals surface area contributed by atoms with Crippen molar-refractivity contribution in [1.82, 2.24) is 4.57 Å². The molecule has 4 aromatic carbocycles. The quantitative estimate of drug-likeness (QED) is 0.236. The Kier molecular flexibility index (Phi) is 6.57. The number of aliphatic hydroxyl groups excluding tert-OH is 1. The second-order valence-corrected chi connectivity index (χ2v) is 11.6. The summed E-state index contributed by atoms with van der Waals surface area (Å²) in [4.78, 5) is 0.201. The number of aromatic nitrogens is 1. The van der Waals surface area contributed by atoms with Crippen molar-refractivity contribution < 1.29 is 13.5 Å². The predicted octanol–water partition coefficient (Wildman–Crippen LogP) is 5.96. The number of halogens is 1. The molecule has 5 aromatic rings. The fourth-order valence-corrected chi connectivity index (χ4v) is 6.84. The summed E-state index contributed by atoms with van der Waals surface area (Å²) >= 11 is 2.14. The van der Waals surface area contributed by atoms with E-state index in [-0.39, 0.29) is 18.0 Å². The van der Waals surface area contributed by atoms with E-state index in [4.69, 9.17) is 0 Å². The van der Waals surface area contributed by atoms with E-state index >= 15 is 0 Å². The van der Waals surface area contributed by atoms with Gasteiger partial charge in [0, 0.05) is 25.4 Å². The number of fused-ring (bicyclic) bond motifs is 3. The van der Waals surface area contributed by atoms with Gasteiger partial charge in [-0.25, -0.2) is 8.42 Å². The molecule has 0 aliphatic carbocycles. The lowest BCUT2D eigenvalue weighted by molar-refractivity contribution is 0.166. The summed E-state index contributed by atoms with van der Waals surface area (Å²) in [6, 6.07) is 30.3. The molecule has 0 fully saturated rings. The van der Waals surface area contributed by atoms with Gasteiger partial charge in [0.15, 0.2) is 0 Å². The number of anilines is 1. The minimum atomic E-state index is -3.89. The number of benzene rings is 4. The lowest BCUT2D eigenvalue weighted by Crippen LogP contribution is -2.39. The Hall–Kier alpha value is -2.88. The average molecular weight is 596 g/mol. The molecule has 35 heavy (non-hydrogen) atoms. The molecular weight excluding hydrogens is 571 g/mol. The molecule has 7 heteroatoms. The summed E-state index contributed by atoms with van der Waals surface area (Å²) in [5, 5.41) is 13.5. The van der Waals surface area contributed by atoms with E-state index in [1.165, 1.54) is 4.31 Å². The molecule has 0 radical (unpaired) electrons. The molecule has 0 spiro atoms. The number of nitrogens with zero attached hydrogens (tertiary/aromatic N) is 2. The zero-order valence-electron chi connectivity index (χ0n) is 19.2. The van der Waals surface area contributed by atoms with E-state index in [0.717, 1.165) is 30.9 Å². The van der Waals surface area contributed by atoms with Crippen LogP contribution in [0, 0.1) is 10.5 Å². The number of rotatable bonds is 7. The molecule has 0 aliphatic heterocycles. The lowest BCUT2D eigenvalue weighted by Gasteiger charge is -2.28. The molecule has 1 aromatic heterocycles. The van der Waals surface area contributed by atoms with Crippen molar-refractivity contribution >= 4 is 60.1 Å². The van der Waals surface area contributed by atoms with Crippen molar-refractivity contribution in [3.63, 3.8) is 0 Å². The van der Waals surface area contributed by atoms with Crippen LogP contribution in [-0.4, -0.2) is 30.7 Å². The van der Waals surface area contributed by atoms with Crippen molar-refractivity contribution in [2.75, 3.05) is 10.8 Å². The maximum Gasteiger partial charge on any atom is 0.264 e. The molecule has 178 valence electrons. The van der Waals surface area contributed by atoms with Crippen LogP contribution in [0.2, 0.25) is 0 Å². The molecule has 0 bridgehead atoms. The van der Waals surface area contributed by atoms with E-state index in [9.17, 15) is 13.5 Å². The predicted molar refractivity (Wildman–Crippen MR) is 150 cm³/mol. The van der Waals surface area contributed by atoms with Gasteiger partial charge >= 0.3 is 0 Å². The molecule has 0 saturated carbocycles. The third-order valence-electron chi connectivity index (χ3n) is 6.18. The molecule has 5 nitrogen and oxygen atoms in total. The Morgan fingerprint density at radius 3 is 1.97 bits per heavy atom. The second-order valence-electron chi connectivity index (χ2n) is 8.60. The molecule has 0 aliphatic rings. The fourth-order valence-electron chi connectivity index (χ4n) is 4.48. The molecule has 0 saturated heterocycles. The van der Waals surface area contributed by atoms with Gasteiger partial charge in [-0.1, -0.05) is 66.2 Å². The molecule has 0 unspecified atom stereocenters. The van der Waals surface area contributed by atoms with Crippen LogP contribution < -0.4 is 4.31 Å². The standard InChI is InChI=1S/C28H25IN2O3S/c1-20-14-16-22(17-15-20)35(33,34)31(28-13-7-4-10-25(28)29)19-21(32)18-30-26-11-5-2-8-23(26)24-9-3-6-12-27(24)30/h2-17,21,32H,18-19H2,1H3/t21-/m0/s1. The SMILES string of the molecule is Cc1ccc(S(=O)(=O)N(C[C@@H](O)Cn2c3ccccc3c3ccccc32)c2ccccc2I)cc1. The summed E-state index contributed by atoms with van der Waals surface area (Å²) in [5.74, 6) is 0. The van der Waals surface area contributed by atoms with Gasteiger partial charge in [0.25, 0.3) is 10.0 Å². The first-order chi connectivity index (χ1) is 16.9. The Balaban J connectivity index is 1.54. The molecule has 1 heterocycles. The van der Waals surface area contributed by atoms with E-state index in [1.807, 2.05) is 61.5 Å². The van der Waals surface area contributed by atoms with Crippen LogP contribution in [0.15, 0.2) is 102 Å². The smallest absolute Gasteiger partial charge is 0.264 e. The van der Waals surface area contributed by atoms with Gasteiger partial charge in [-0.2, -0.15) is 0 Å². The van der Waals surface area contributed by atoms with Crippen LogP contribution in [0.1, 0.15) is 5.56 Å². The number of para-hydroxylation sites is 3. The van der Waals surface area contributed by atoms with Crippen molar-refractivity contribution in [3.05, 3.63) is 106 Å². The van der Waals surface area contributed by atoms with E-state index in [2.05, 4.69) is 39.3 Å². The highest BCUT2D eigenvalue weighted by atomic mass is 127. The first kappa shape index (κ1) is 23.8. The van der Waals surface area contributed by atoms with Gasteiger partial charge in [0.05, 0.1) is 29.8 Å². The Bertz CT molecular complexity index is 1560. The topological polar surface area (TPSA) is 62.5 Å². The number of hydrogen-bond donors (Lipinski definition) is 1. The van der Waals surface area contributed by atoms with Gasteiger partial charge in [-0.15, -0.1) is 0 Å². The summed E-state index contributed by atoms with van der Waals surface area (Å²) in [6.07, 6.45) is -0.939. The summed E-state index contributed by atoms with van der Waals surface area (Å²) in [6.45, 7) is 2.11. The number of hydrogen-bond acceptors (Lipinski definition) is 3. The van der Waals surface area contributed by atoms with Crippen molar-refractivity contribution in [2.24, 2.45) is 0 Å². The van der Waals surface area contributed by atoms with E-state index < -0.39 is 16.1 Å². The zero-order chi connectivity index (χ0) is 24.6. The van der Waals surface area contributed by atoms with Crippen LogP contribution in [0.4, 0.5) is 5.69 Å². The highest BCUT2D eigenvalue weighted by Gasteiger charge is 2.29. The van der Waals surface area contributed by atoms with E-state index in [0.29, 0.717) is 5.69 Å². The monoisotopic (exact) mass is 596 g/mol. The Morgan fingerprint density at radius 1 is 0.829 bits per heavy atom. The lowest BCUT2D eigenvalue weighted by atomic mass is 10.2. The molecule has 1 N–H and O–H groups in total. The van der Waals surface area contributed by atoms with Crippen LogP contribution in [-0.2, 0) is 16.6 Å². The van der Waals surface area contributed by atoms with Crippen LogP contribution in [0.3, 0.4) is 0 Å². The van der Waals surface area contributed by atoms with Gasteiger partial charge in [0.1, 0.15) is 0 Å². The third kappa shape index (κ3) is 4.55. The minimum Gasteiger partial charge on any atom is -0.389 e. The maximum absolute atomic E-state index is 13.8.